The van der Waals surface area contributed by atoms with E-state index in [0.717, 1.165) is 6.07 Å². The summed E-state index contributed by atoms with van der Waals surface area (Å²) in [6, 6.07) is 1.43. The lowest BCUT2D eigenvalue weighted by Crippen LogP contribution is -2.08. The predicted octanol–water partition coefficient (Wildman–Crippen LogP) is 8.82. The van der Waals surface area contributed by atoms with E-state index in [1.807, 2.05) is 0 Å². The number of halogens is 12. The Balaban J connectivity index is 1.95. The number of hydrogen-bond donors (Lipinski definition) is 0. The lowest BCUT2D eigenvalue weighted by molar-refractivity contribution is 0.448. The molecule has 0 saturated carbocycles. The van der Waals surface area contributed by atoms with Gasteiger partial charge < -0.3 is 0 Å². The minimum absolute atomic E-state index is 0.394. The van der Waals surface area contributed by atoms with Crippen LogP contribution in [0, 0.1) is 64.6 Å². The molecule has 0 aliphatic heterocycles. The van der Waals surface area contributed by atoms with Gasteiger partial charge in [-0.2, -0.15) is 0 Å². The van der Waals surface area contributed by atoms with Gasteiger partial charge in [0.05, 0.1) is 28.1 Å². The van der Waals surface area contributed by atoms with E-state index >= 15 is 22.0 Å². The molecule has 1 aliphatic rings. The van der Waals surface area contributed by atoms with Crippen molar-refractivity contribution in [3.63, 3.8) is 0 Å². The van der Waals surface area contributed by atoms with Crippen LogP contribution in [0.3, 0.4) is 0 Å². The molecule has 0 unspecified atom stereocenters. The van der Waals surface area contributed by atoms with Gasteiger partial charge in [-0.3, -0.25) is 0 Å². The van der Waals surface area contributed by atoms with E-state index in [2.05, 4.69) is 0 Å². The van der Waals surface area contributed by atoms with Crippen molar-refractivity contribution >= 4 is 38.1 Å². The molecule has 0 N–H and O–H groups in total. The summed E-state index contributed by atoms with van der Waals surface area (Å²) in [5.74, 6) is -26.3. The van der Waals surface area contributed by atoms with E-state index in [-0.39, 0.29) is 0 Å². The van der Waals surface area contributed by atoms with Gasteiger partial charge in [-0.25, -0.2) is 52.7 Å². The van der Waals surface area contributed by atoms with Crippen molar-refractivity contribution in [1.29, 1.82) is 0 Å². The van der Waals surface area contributed by atoms with Gasteiger partial charge in [0.15, 0.2) is 58.2 Å². The third-order valence-electron chi connectivity index (χ3n) is 6.37. The second kappa shape index (κ2) is 7.30. The van der Waals surface area contributed by atoms with Crippen molar-refractivity contribution in [2.45, 2.75) is 0 Å². The van der Waals surface area contributed by atoms with Gasteiger partial charge in [0.2, 0.25) is 0 Å². The first-order valence-corrected chi connectivity index (χ1v) is 10.0. The fourth-order valence-corrected chi connectivity index (χ4v) is 4.83. The van der Waals surface area contributed by atoms with Crippen LogP contribution < -0.4 is 0 Å². The summed E-state index contributed by atoms with van der Waals surface area (Å²) >= 11 is 0. The van der Waals surface area contributed by atoms with E-state index < -0.39 is 124 Å². The molecule has 187 valence electrons. The van der Waals surface area contributed by atoms with Crippen LogP contribution in [0.25, 0.3) is 49.3 Å². The van der Waals surface area contributed by atoms with Gasteiger partial charge in [0.25, 0.3) is 0 Å². The molecule has 0 saturated heterocycles. The third-order valence-corrected chi connectivity index (χ3v) is 6.37. The Hall–Kier alpha value is -3.96. The summed E-state index contributed by atoms with van der Waals surface area (Å²) in [7, 11) is 0. The van der Waals surface area contributed by atoms with Gasteiger partial charge in [-0.05, 0) is 5.56 Å². The monoisotopic (exact) mass is 531 g/mol. The Morgan fingerprint density at radius 3 is 1.32 bits per heavy atom. The summed E-state index contributed by atoms with van der Waals surface area (Å²) in [6.07, 6.45) is 0.553. The highest BCUT2D eigenvalue weighted by Crippen LogP contribution is 2.50. The molecule has 1 aliphatic carbocycles. The van der Waals surface area contributed by atoms with Crippen LogP contribution in [0.5, 0.6) is 0 Å². The van der Waals surface area contributed by atoms with Gasteiger partial charge in [-0.15, -0.1) is 0 Å². The first-order valence-electron chi connectivity index (χ1n) is 10.0. The highest BCUT2D eigenvalue weighted by molar-refractivity contribution is 6.26. The molecule has 12 heteroatoms. The van der Waals surface area contributed by atoms with Crippen LogP contribution >= 0.6 is 0 Å². The highest BCUT2D eigenvalue weighted by Gasteiger charge is 2.37. The summed E-state index contributed by atoms with van der Waals surface area (Å²) in [6.45, 7) is 0. The molecule has 1 radical (unpaired) electrons. The minimum atomic E-state index is -2.51. The zero-order chi connectivity index (χ0) is 26.8. The molecule has 0 nitrogen and oxygen atoms in total. The van der Waals surface area contributed by atoms with Crippen LogP contribution in [0.4, 0.5) is 52.7 Å². The molecule has 6 rings (SSSR count). The van der Waals surface area contributed by atoms with Crippen molar-refractivity contribution in [2.24, 2.45) is 0 Å². The number of hydrogen-bond acceptors (Lipinski definition) is 0. The second-order valence-electron chi connectivity index (χ2n) is 8.15. The van der Waals surface area contributed by atoms with Crippen LogP contribution in [-0.2, 0) is 0 Å². The van der Waals surface area contributed by atoms with Crippen LogP contribution in [0.15, 0.2) is 18.0 Å². The fourth-order valence-electron chi connectivity index (χ4n) is 4.83. The predicted molar refractivity (Wildman–Crippen MR) is 108 cm³/mol. The number of rotatable bonds is 1. The van der Waals surface area contributed by atoms with Crippen LogP contribution in [0.1, 0.15) is 11.1 Å². The zero-order valence-corrected chi connectivity index (χ0v) is 17.3. The first kappa shape index (κ1) is 23.4. The van der Waals surface area contributed by atoms with Gasteiger partial charge in [-0.1, -0.05) is 12.1 Å². The Bertz CT molecular complexity index is 1890. The van der Waals surface area contributed by atoms with Gasteiger partial charge in [0, 0.05) is 27.3 Å². The van der Waals surface area contributed by atoms with Crippen molar-refractivity contribution in [1.82, 2.24) is 0 Å². The molecule has 37 heavy (non-hydrogen) atoms. The number of allylic oxidation sites excluding steroid dienone is 1. The second-order valence-corrected chi connectivity index (χ2v) is 8.15. The molecular formula is C25H3F12. The Morgan fingerprint density at radius 2 is 0.784 bits per heavy atom. The number of fused-ring (bicyclic) bond motifs is 1. The zero-order valence-electron chi connectivity index (χ0n) is 17.3. The fraction of sp³-hybridized carbons (Fsp3) is 0. The van der Waals surface area contributed by atoms with E-state index in [1.54, 1.807) is 0 Å². The Morgan fingerprint density at radius 1 is 0.351 bits per heavy atom. The molecule has 0 atom stereocenters. The SMILES string of the molecule is FC1=C(F)c2c(ccc(-c3c(F)c(F)c4c(F)c(F)c5c(F)c(F)c(F)c6c(F)c(F)c3c4c56)c2F)[CH]1. The topological polar surface area (TPSA) is 0 Å². The third kappa shape index (κ3) is 2.62. The smallest absolute Gasteiger partial charge is 0.195 e. The Kier molecular flexibility index (Phi) is 4.62. The highest BCUT2D eigenvalue weighted by atomic mass is 19.2. The van der Waals surface area contributed by atoms with Crippen LogP contribution in [-0.4, -0.2) is 0 Å². The van der Waals surface area contributed by atoms with Crippen LogP contribution in [0.2, 0.25) is 0 Å². The van der Waals surface area contributed by atoms with E-state index in [4.69, 9.17) is 0 Å². The molecule has 0 spiro atoms. The maximum Gasteiger partial charge on any atom is 0.195 e. The van der Waals surface area contributed by atoms with Gasteiger partial charge in [0.1, 0.15) is 11.6 Å². The molecule has 0 aromatic heterocycles. The average Bonchev–Trinajstić information content (AvgIpc) is 3.15. The quantitative estimate of drug-likeness (QED) is 0.115. The lowest BCUT2D eigenvalue weighted by Gasteiger charge is -2.20. The molecule has 0 amide bonds. The van der Waals surface area contributed by atoms with E-state index in [0.29, 0.717) is 12.5 Å². The van der Waals surface area contributed by atoms with Crippen molar-refractivity contribution < 1.29 is 52.7 Å². The summed E-state index contributed by atoms with van der Waals surface area (Å²) < 4.78 is 177. The van der Waals surface area contributed by atoms with Crippen molar-refractivity contribution in [3.05, 3.63) is 93.7 Å². The maximum absolute atomic E-state index is 15.4. The largest absolute Gasteiger partial charge is 0.208 e. The summed E-state index contributed by atoms with van der Waals surface area (Å²) in [5.41, 5.74) is -4.18. The molecular weight excluding hydrogens is 528 g/mol. The molecule has 5 aromatic rings. The summed E-state index contributed by atoms with van der Waals surface area (Å²) in [5, 5.41) is -9.49. The first-order chi connectivity index (χ1) is 17.4. The molecule has 0 bridgehead atoms. The minimum Gasteiger partial charge on any atom is -0.208 e. The van der Waals surface area contributed by atoms with Gasteiger partial charge >= 0.3 is 0 Å². The Labute approximate surface area is 196 Å². The van der Waals surface area contributed by atoms with E-state index in [1.165, 1.54) is 0 Å². The number of benzene rings is 5. The molecule has 0 fully saturated rings. The normalized spacial score (nSPS) is 13.7. The van der Waals surface area contributed by atoms with Crippen molar-refractivity contribution in [3.8, 4) is 11.1 Å². The molecule has 0 heterocycles. The van der Waals surface area contributed by atoms with E-state index in [9.17, 15) is 30.7 Å². The van der Waals surface area contributed by atoms with Crippen molar-refractivity contribution in [2.75, 3.05) is 0 Å². The molecule has 5 aromatic carbocycles. The standard InChI is InChI=1S/C25H3F12/c26-6-3-4-1-2-5(15(27)7(4)16(6)28)8-11-9-10-13(20(32)18(11)30)23(35)25(37)24(36)14(10)22(34)21(33)12(9)19(31)17(8)29/h1-3H. The lowest BCUT2D eigenvalue weighted by atomic mass is 9.86. The average molecular weight is 531 g/mol. The summed E-state index contributed by atoms with van der Waals surface area (Å²) in [4.78, 5) is 0. The maximum atomic E-state index is 15.4.